The zero-order chi connectivity index (χ0) is 21.6. The van der Waals surface area contributed by atoms with E-state index in [1.165, 1.54) is 0 Å². The quantitative estimate of drug-likeness (QED) is 0.725. The number of hydrogen-bond acceptors (Lipinski definition) is 4. The summed E-state index contributed by atoms with van der Waals surface area (Å²) in [5, 5.41) is 2.77. The first kappa shape index (κ1) is 22.9. The molecule has 2 amide bonds. The molecule has 0 aromatic heterocycles. The highest BCUT2D eigenvalue weighted by Crippen LogP contribution is 2.19. The summed E-state index contributed by atoms with van der Waals surface area (Å²) >= 11 is 0. The topological polar surface area (TPSA) is 75.7 Å². The highest BCUT2D eigenvalue weighted by atomic mass is 16.6. The maximum Gasteiger partial charge on any atom is 0.407 e. The van der Waals surface area contributed by atoms with Crippen LogP contribution in [-0.2, 0) is 9.53 Å². The summed E-state index contributed by atoms with van der Waals surface area (Å²) in [4.78, 5) is 39.0. The van der Waals surface area contributed by atoms with Crippen molar-refractivity contribution < 1.29 is 19.1 Å². The van der Waals surface area contributed by atoms with E-state index in [2.05, 4.69) is 5.32 Å². The van der Waals surface area contributed by atoms with E-state index in [4.69, 9.17) is 4.74 Å². The van der Waals surface area contributed by atoms with Crippen LogP contribution in [0.4, 0.5) is 4.79 Å². The second-order valence-corrected chi connectivity index (χ2v) is 8.84. The highest BCUT2D eigenvalue weighted by molar-refractivity contribution is 5.98. The van der Waals surface area contributed by atoms with Crippen LogP contribution in [0, 0.1) is 13.8 Å². The smallest absolute Gasteiger partial charge is 0.407 e. The lowest BCUT2D eigenvalue weighted by molar-refractivity contribution is -0.134. The minimum atomic E-state index is -0.555. The van der Waals surface area contributed by atoms with Crippen molar-refractivity contribution in [2.45, 2.75) is 78.4 Å². The maximum atomic E-state index is 12.8. The number of carbonyl (C=O) groups is 3. The predicted octanol–water partition coefficient (Wildman–Crippen LogP) is 4.17. The van der Waals surface area contributed by atoms with Crippen LogP contribution in [-0.4, -0.2) is 47.4 Å². The van der Waals surface area contributed by atoms with Crippen LogP contribution in [0.5, 0.6) is 0 Å². The van der Waals surface area contributed by atoms with Gasteiger partial charge in [-0.15, -0.1) is 0 Å². The fourth-order valence-electron chi connectivity index (χ4n) is 3.48. The third kappa shape index (κ3) is 7.18. The molecule has 1 aromatic carbocycles. The van der Waals surface area contributed by atoms with Crippen LogP contribution < -0.4 is 5.32 Å². The van der Waals surface area contributed by atoms with Crippen LogP contribution in [0.3, 0.4) is 0 Å². The average Bonchev–Trinajstić information content (AvgIpc) is 2.65. The van der Waals surface area contributed by atoms with Crippen LogP contribution in [0.15, 0.2) is 18.2 Å². The van der Waals surface area contributed by atoms with Crippen molar-refractivity contribution in [3.8, 4) is 0 Å². The number of Topliss-reactive ketones (excluding diaryl/α,β-unsaturated/α-hetero) is 1. The van der Waals surface area contributed by atoms with E-state index in [0.29, 0.717) is 18.7 Å². The lowest BCUT2D eigenvalue weighted by atomic mass is 9.99. The molecule has 1 unspecified atom stereocenters. The van der Waals surface area contributed by atoms with Gasteiger partial charge in [-0.2, -0.15) is 0 Å². The SMILES string of the molecule is Cc1ccc(C(=O)CCC(=O)N2CCCCC2CNC(=O)OC(C)(C)C)cc1C. The van der Waals surface area contributed by atoms with E-state index in [1.54, 1.807) is 0 Å². The molecule has 0 spiro atoms. The average molecular weight is 403 g/mol. The minimum Gasteiger partial charge on any atom is -0.444 e. The molecular weight excluding hydrogens is 368 g/mol. The van der Waals surface area contributed by atoms with Gasteiger partial charge in [0.15, 0.2) is 5.78 Å². The highest BCUT2D eigenvalue weighted by Gasteiger charge is 2.28. The van der Waals surface area contributed by atoms with Crippen molar-refractivity contribution in [1.29, 1.82) is 0 Å². The Morgan fingerprint density at radius 1 is 1.10 bits per heavy atom. The fraction of sp³-hybridized carbons (Fsp3) is 0.609. The van der Waals surface area contributed by atoms with Crippen molar-refractivity contribution in [2.75, 3.05) is 13.1 Å². The van der Waals surface area contributed by atoms with Crippen molar-refractivity contribution in [3.05, 3.63) is 34.9 Å². The van der Waals surface area contributed by atoms with Gasteiger partial charge in [0.1, 0.15) is 5.60 Å². The van der Waals surface area contributed by atoms with Crippen LogP contribution in [0.2, 0.25) is 0 Å². The van der Waals surface area contributed by atoms with Gasteiger partial charge in [0.05, 0.1) is 0 Å². The minimum absolute atomic E-state index is 0.0121. The molecule has 6 nitrogen and oxygen atoms in total. The van der Waals surface area contributed by atoms with Gasteiger partial charge < -0.3 is 15.0 Å². The molecule has 1 aliphatic heterocycles. The molecule has 160 valence electrons. The molecule has 1 aromatic rings. The van der Waals surface area contributed by atoms with Crippen molar-refractivity contribution >= 4 is 17.8 Å². The molecule has 0 saturated carbocycles. The molecule has 6 heteroatoms. The number of ether oxygens (including phenoxy) is 1. The number of nitrogens with zero attached hydrogens (tertiary/aromatic N) is 1. The second-order valence-electron chi connectivity index (χ2n) is 8.84. The lowest BCUT2D eigenvalue weighted by Gasteiger charge is -2.36. The number of amides is 2. The van der Waals surface area contributed by atoms with Gasteiger partial charge in [-0.25, -0.2) is 4.79 Å². The van der Waals surface area contributed by atoms with Crippen LogP contribution in [0.1, 0.15) is 74.4 Å². The molecule has 1 saturated heterocycles. The Balaban J connectivity index is 1.89. The summed E-state index contributed by atoms with van der Waals surface area (Å²) in [5.74, 6) is -0.0419. The zero-order valence-electron chi connectivity index (χ0n) is 18.3. The monoisotopic (exact) mass is 402 g/mol. The molecule has 1 N–H and O–H groups in total. The summed E-state index contributed by atoms with van der Waals surface area (Å²) in [7, 11) is 0. The molecular formula is C23H34N2O4. The largest absolute Gasteiger partial charge is 0.444 e. The number of piperidine rings is 1. The fourth-order valence-corrected chi connectivity index (χ4v) is 3.48. The number of hydrogen-bond donors (Lipinski definition) is 1. The number of ketones is 1. The van der Waals surface area contributed by atoms with Gasteiger partial charge in [0.25, 0.3) is 0 Å². The Hall–Kier alpha value is -2.37. The van der Waals surface area contributed by atoms with Crippen molar-refractivity contribution in [1.82, 2.24) is 10.2 Å². The van der Waals surface area contributed by atoms with Gasteiger partial charge in [0.2, 0.25) is 5.91 Å². The summed E-state index contributed by atoms with van der Waals surface area (Å²) in [6.45, 7) is 10.5. The number of carbonyl (C=O) groups excluding carboxylic acids is 3. The third-order valence-corrected chi connectivity index (χ3v) is 5.22. The molecule has 1 aliphatic rings. The maximum absolute atomic E-state index is 12.8. The molecule has 1 atom stereocenters. The van der Waals surface area contributed by atoms with Crippen LogP contribution in [0.25, 0.3) is 0 Å². The number of aryl methyl sites for hydroxylation is 2. The van der Waals surface area contributed by atoms with Gasteiger partial charge >= 0.3 is 6.09 Å². The molecule has 0 radical (unpaired) electrons. The van der Waals surface area contributed by atoms with Gasteiger partial charge in [-0.1, -0.05) is 12.1 Å². The summed E-state index contributed by atoms with van der Waals surface area (Å²) < 4.78 is 5.27. The first-order chi connectivity index (χ1) is 13.6. The third-order valence-electron chi connectivity index (χ3n) is 5.22. The van der Waals surface area contributed by atoms with Crippen LogP contribution >= 0.6 is 0 Å². The van der Waals surface area contributed by atoms with E-state index >= 15 is 0 Å². The van der Waals surface area contributed by atoms with Gasteiger partial charge in [-0.05, 0) is 71.1 Å². The van der Waals surface area contributed by atoms with Crippen molar-refractivity contribution in [3.63, 3.8) is 0 Å². The van der Waals surface area contributed by atoms with Crippen molar-refractivity contribution in [2.24, 2.45) is 0 Å². The Bertz CT molecular complexity index is 752. The predicted molar refractivity (Wildman–Crippen MR) is 113 cm³/mol. The summed E-state index contributed by atoms with van der Waals surface area (Å²) in [6.07, 6.45) is 2.72. The molecule has 0 aliphatic carbocycles. The van der Waals surface area contributed by atoms with E-state index < -0.39 is 11.7 Å². The number of rotatable bonds is 6. The molecule has 0 bridgehead atoms. The normalized spacial score (nSPS) is 17.0. The Kier molecular flexibility index (Phi) is 7.82. The summed E-state index contributed by atoms with van der Waals surface area (Å²) in [5.41, 5.74) is 2.32. The summed E-state index contributed by atoms with van der Waals surface area (Å²) in [6, 6.07) is 5.59. The second kappa shape index (κ2) is 9.90. The first-order valence-corrected chi connectivity index (χ1v) is 10.4. The number of benzene rings is 1. The zero-order valence-corrected chi connectivity index (χ0v) is 18.3. The van der Waals surface area contributed by atoms with E-state index in [-0.39, 0.29) is 30.6 Å². The van der Waals surface area contributed by atoms with E-state index in [1.807, 2.05) is 57.7 Å². The molecule has 2 rings (SSSR count). The van der Waals surface area contributed by atoms with E-state index in [9.17, 15) is 14.4 Å². The molecule has 29 heavy (non-hydrogen) atoms. The Morgan fingerprint density at radius 3 is 2.48 bits per heavy atom. The number of alkyl carbamates (subject to hydrolysis) is 1. The standard InChI is InChI=1S/C23H34N2O4/c1-16-9-10-18(14-17(16)2)20(26)11-12-21(27)25-13-7-6-8-19(25)15-24-22(28)29-23(3,4)5/h9-10,14,19H,6-8,11-13,15H2,1-5H3,(H,24,28). The number of likely N-dealkylation sites (tertiary alicyclic amines) is 1. The Labute approximate surface area is 174 Å². The molecule has 1 fully saturated rings. The lowest BCUT2D eigenvalue weighted by Crippen LogP contribution is -2.50. The number of nitrogens with one attached hydrogen (secondary N) is 1. The van der Waals surface area contributed by atoms with Gasteiger partial charge in [-0.3, -0.25) is 9.59 Å². The molecule has 1 heterocycles. The Morgan fingerprint density at radius 2 is 1.83 bits per heavy atom. The van der Waals surface area contributed by atoms with Gasteiger partial charge in [0, 0.05) is 37.5 Å². The van der Waals surface area contributed by atoms with E-state index in [0.717, 1.165) is 30.4 Å². The first-order valence-electron chi connectivity index (χ1n) is 10.4.